The van der Waals surface area contributed by atoms with Crippen molar-refractivity contribution in [2.75, 3.05) is 6.26 Å². The maximum Gasteiger partial charge on any atom is 0.243 e. The first-order valence-corrected chi connectivity index (χ1v) is 13.8. The topological polar surface area (TPSA) is 137 Å². The second-order valence-corrected chi connectivity index (χ2v) is 11.6. The molecule has 10 nitrogen and oxygen atoms in total. The van der Waals surface area contributed by atoms with Gasteiger partial charge in [0.05, 0.1) is 0 Å². The molecule has 1 saturated carbocycles. The molecule has 0 radical (unpaired) electrons. The summed E-state index contributed by atoms with van der Waals surface area (Å²) in [5, 5.41) is 11.0. The molecule has 196 valence electrons. The summed E-state index contributed by atoms with van der Waals surface area (Å²) >= 11 is 0. The van der Waals surface area contributed by atoms with Gasteiger partial charge >= 0.3 is 0 Å². The second kappa shape index (κ2) is 9.43. The fourth-order valence-electron chi connectivity index (χ4n) is 4.48. The third-order valence-corrected chi connectivity index (χ3v) is 7.55. The van der Waals surface area contributed by atoms with Crippen LogP contribution in [0.3, 0.4) is 0 Å². The van der Waals surface area contributed by atoms with Crippen molar-refractivity contribution < 1.29 is 26.5 Å². The first-order valence-electron chi connectivity index (χ1n) is 11.9. The van der Waals surface area contributed by atoms with Gasteiger partial charge in [0.15, 0.2) is 15.7 Å². The van der Waals surface area contributed by atoms with Gasteiger partial charge in [-0.3, -0.25) is 5.10 Å². The van der Waals surface area contributed by atoms with Gasteiger partial charge in [-0.2, -0.15) is 15.1 Å². The summed E-state index contributed by atoms with van der Waals surface area (Å²) in [5.74, 6) is 0.324. The molecule has 0 amide bonds. The van der Waals surface area contributed by atoms with E-state index in [2.05, 4.69) is 30.3 Å². The molecule has 0 aliphatic heterocycles. The Morgan fingerprint density at radius 2 is 1.81 bits per heavy atom. The SMILES string of the molecule is Cc1nc(OC2CCC(c3nc(C(C)C)no3)CC2)c2[nH]nc(-c3cc(F)c(S(C)(=O)=O)cc3F)c2n1. The van der Waals surface area contributed by atoms with Gasteiger partial charge in [-0.25, -0.2) is 22.2 Å². The monoisotopic (exact) mass is 532 g/mol. The Morgan fingerprint density at radius 1 is 1.08 bits per heavy atom. The number of halogens is 2. The minimum absolute atomic E-state index is 0.0304. The van der Waals surface area contributed by atoms with E-state index in [1.165, 1.54) is 0 Å². The van der Waals surface area contributed by atoms with Gasteiger partial charge in [0.1, 0.15) is 45.2 Å². The Morgan fingerprint density at radius 3 is 2.46 bits per heavy atom. The van der Waals surface area contributed by atoms with Crippen LogP contribution in [-0.4, -0.2) is 51.1 Å². The fraction of sp³-hybridized carbons (Fsp3) is 0.458. The van der Waals surface area contributed by atoms with Crippen molar-refractivity contribution in [2.45, 2.75) is 69.3 Å². The number of ether oxygens (including phenoxy) is 1. The van der Waals surface area contributed by atoms with Crippen LogP contribution in [-0.2, 0) is 9.84 Å². The van der Waals surface area contributed by atoms with Gasteiger partial charge in [-0.1, -0.05) is 19.0 Å². The Balaban J connectivity index is 1.39. The van der Waals surface area contributed by atoms with Crippen LogP contribution in [0.15, 0.2) is 21.6 Å². The highest BCUT2D eigenvalue weighted by molar-refractivity contribution is 7.90. The summed E-state index contributed by atoms with van der Waals surface area (Å²) in [5.41, 5.74) is 0.394. The van der Waals surface area contributed by atoms with Crippen molar-refractivity contribution in [3.63, 3.8) is 0 Å². The number of fused-ring (bicyclic) bond motifs is 1. The molecule has 4 aromatic rings. The molecule has 37 heavy (non-hydrogen) atoms. The van der Waals surface area contributed by atoms with Gasteiger partial charge in [0.25, 0.3) is 0 Å². The van der Waals surface area contributed by atoms with Gasteiger partial charge in [-0.15, -0.1) is 0 Å². The number of aromatic amines is 1. The lowest BCUT2D eigenvalue weighted by Crippen LogP contribution is -2.24. The number of hydrogen-bond donors (Lipinski definition) is 1. The van der Waals surface area contributed by atoms with Crippen molar-refractivity contribution in [1.29, 1.82) is 0 Å². The highest BCUT2D eigenvalue weighted by atomic mass is 32.2. The number of aromatic nitrogens is 6. The Hall–Kier alpha value is -3.48. The molecular weight excluding hydrogens is 506 g/mol. The van der Waals surface area contributed by atoms with E-state index < -0.39 is 26.4 Å². The molecule has 0 bridgehead atoms. The first-order chi connectivity index (χ1) is 17.5. The van der Waals surface area contributed by atoms with Crippen molar-refractivity contribution in [3.8, 4) is 17.1 Å². The Kier molecular flexibility index (Phi) is 6.42. The summed E-state index contributed by atoms with van der Waals surface area (Å²) in [6.07, 6.45) is 3.78. The van der Waals surface area contributed by atoms with Crippen LogP contribution in [0, 0.1) is 18.6 Å². The van der Waals surface area contributed by atoms with Crippen molar-refractivity contribution >= 4 is 20.9 Å². The van der Waals surface area contributed by atoms with E-state index in [-0.39, 0.29) is 40.6 Å². The summed E-state index contributed by atoms with van der Waals surface area (Å²) in [6.45, 7) is 5.69. The number of aryl methyl sites for hydroxylation is 1. The molecule has 3 heterocycles. The standard InChI is InChI=1S/C24H26F2N6O4S/c1-11(2)22-29-23(36-32-22)13-5-7-14(8-6-13)35-24-21-20(27-12(3)28-24)19(30-31-21)15-9-17(26)18(10-16(15)25)37(4,33)34/h9-11,13-14H,5-8H2,1-4H3,(H,30,31). The largest absolute Gasteiger partial charge is 0.473 e. The molecule has 13 heteroatoms. The molecule has 1 N–H and O–H groups in total. The summed E-state index contributed by atoms with van der Waals surface area (Å²) in [4.78, 5) is 12.5. The molecule has 1 aliphatic carbocycles. The van der Waals surface area contributed by atoms with Crippen LogP contribution in [0.25, 0.3) is 22.3 Å². The van der Waals surface area contributed by atoms with Crippen molar-refractivity contribution in [1.82, 2.24) is 30.3 Å². The molecule has 0 spiro atoms. The first kappa shape index (κ1) is 25.2. The average molecular weight is 533 g/mol. The molecule has 1 aliphatic rings. The van der Waals surface area contributed by atoms with E-state index in [1.807, 2.05) is 13.8 Å². The van der Waals surface area contributed by atoms with Gasteiger partial charge in [-0.05, 0) is 44.7 Å². The highest BCUT2D eigenvalue weighted by Gasteiger charge is 2.29. The van der Waals surface area contributed by atoms with Crippen LogP contribution in [0.2, 0.25) is 0 Å². The predicted octanol–water partition coefficient (Wildman–Crippen LogP) is 4.62. The van der Waals surface area contributed by atoms with Crippen molar-refractivity contribution in [3.05, 3.63) is 41.3 Å². The van der Waals surface area contributed by atoms with E-state index in [1.54, 1.807) is 6.92 Å². The van der Waals surface area contributed by atoms with Crippen molar-refractivity contribution in [2.24, 2.45) is 0 Å². The predicted molar refractivity (Wildman–Crippen MR) is 129 cm³/mol. The molecule has 5 rings (SSSR count). The molecule has 0 atom stereocenters. The quantitative estimate of drug-likeness (QED) is 0.377. The number of sulfone groups is 1. The van der Waals surface area contributed by atoms with Crippen LogP contribution >= 0.6 is 0 Å². The molecule has 1 fully saturated rings. The smallest absolute Gasteiger partial charge is 0.243 e. The lowest BCUT2D eigenvalue weighted by Gasteiger charge is -2.26. The van der Waals surface area contributed by atoms with E-state index in [9.17, 15) is 17.2 Å². The third-order valence-electron chi connectivity index (χ3n) is 6.44. The second-order valence-electron chi connectivity index (χ2n) is 9.64. The number of nitrogens with one attached hydrogen (secondary N) is 1. The number of H-pyrrole nitrogens is 1. The third kappa shape index (κ3) is 4.91. The van der Waals surface area contributed by atoms with Crippen LogP contribution in [0.5, 0.6) is 5.88 Å². The van der Waals surface area contributed by atoms with Crippen LogP contribution < -0.4 is 4.74 Å². The zero-order chi connectivity index (χ0) is 26.5. The number of hydrogen-bond acceptors (Lipinski definition) is 9. The number of rotatable bonds is 6. The van der Waals surface area contributed by atoms with E-state index >= 15 is 0 Å². The summed E-state index contributed by atoms with van der Waals surface area (Å²) < 4.78 is 64.5. The number of benzene rings is 1. The molecule has 1 aromatic carbocycles. The zero-order valence-corrected chi connectivity index (χ0v) is 21.6. The lowest BCUT2D eigenvalue weighted by molar-refractivity contribution is 0.135. The highest BCUT2D eigenvalue weighted by Crippen LogP contribution is 2.37. The molecule has 3 aromatic heterocycles. The van der Waals surface area contributed by atoms with Gasteiger partial charge < -0.3 is 9.26 Å². The van der Waals surface area contributed by atoms with Gasteiger partial charge in [0, 0.05) is 23.7 Å². The lowest BCUT2D eigenvalue weighted by atomic mass is 9.87. The van der Waals surface area contributed by atoms with Crippen LogP contribution in [0.4, 0.5) is 8.78 Å². The Labute approximate surface area is 211 Å². The molecule has 0 unspecified atom stereocenters. The zero-order valence-electron chi connectivity index (χ0n) is 20.7. The molecule has 0 saturated heterocycles. The number of nitrogens with zero attached hydrogens (tertiary/aromatic N) is 5. The minimum Gasteiger partial charge on any atom is -0.473 e. The minimum atomic E-state index is -3.94. The van der Waals surface area contributed by atoms with Crippen LogP contribution in [0.1, 0.15) is 68.9 Å². The average Bonchev–Trinajstić information content (AvgIpc) is 3.48. The van der Waals surface area contributed by atoms with E-state index in [0.29, 0.717) is 29.1 Å². The van der Waals surface area contributed by atoms with E-state index in [4.69, 9.17) is 9.26 Å². The fourth-order valence-corrected chi connectivity index (χ4v) is 5.21. The molecular formula is C24H26F2N6O4S. The summed E-state index contributed by atoms with van der Waals surface area (Å²) in [7, 11) is -3.94. The Bertz CT molecular complexity index is 1580. The normalized spacial score (nSPS) is 18.6. The maximum absolute atomic E-state index is 14.9. The van der Waals surface area contributed by atoms with E-state index in [0.717, 1.165) is 38.0 Å². The van der Waals surface area contributed by atoms with Gasteiger partial charge in [0.2, 0.25) is 11.8 Å². The summed E-state index contributed by atoms with van der Waals surface area (Å²) in [6, 6.07) is 1.46. The maximum atomic E-state index is 14.9.